The molecule has 0 atom stereocenters. The van der Waals surface area contributed by atoms with E-state index in [0.717, 1.165) is 39.7 Å². The van der Waals surface area contributed by atoms with E-state index in [2.05, 4.69) is 27.5 Å². The Kier molecular flexibility index (Phi) is 3.82. The number of aromatic nitrogens is 3. The third kappa shape index (κ3) is 2.92. The lowest BCUT2D eigenvalue weighted by atomic mass is 10.1. The second kappa shape index (κ2) is 6.28. The van der Waals surface area contributed by atoms with Crippen LogP contribution in [0.1, 0.15) is 5.69 Å². The summed E-state index contributed by atoms with van der Waals surface area (Å²) in [6.07, 6.45) is 1.86. The van der Waals surface area contributed by atoms with E-state index in [0.29, 0.717) is 0 Å². The van der Waals surface area contributed by atoms with Crippen LogP contribution < -0.4 is 10.1 Å². The van der Waals surface area contributed by atoms with E-state index in [9.17, 15) is 0 Å². The zero-order chi connectivity index (χ0) is 17.2. The van der Waals surface area contributed by atoms with Gasteiger partial charge in [-0.15, -0.1) is 0 Å². The van der Waals surface area contributed by atoms with Crippen molar-refractivity contribution in [2.24, 2.45) is 0 Å². The molecule has 4 aromatic rings. The largest absolute Gasteiger partial charge is 0.497 e. The first-order valence-corrected chi connectivity index (χ1v) is 8.06. The zero-order valence-corrected chi connectivity index (χ0v) is 14.1. The average molecular weight is 330 g/mol. The van der Waals surface area contributed by atoms with Crippen LogP contribution in [0.5, 0.6) is 5.75 Å². The Labute approximate surface area is 145 Å². The van der Waals surface area contributed by atoms with E-state index in [1.807, 2.05) is 66.2 Å². The molecule has 0 bridgehead atoms. The van der Waals surface area contributed by atoms with Crippen molar-refractivity contribution in [2.45, 2.75) is 6.92 Å². The first-order chi connectivity index (χ1) is 12.2. The highest BCUT2D eigenvalue weighted by molar-refractivity contribution is 5.78. The summed E-state index contributed by atoms with van der Waals surface area (Å²) in [7, 11) is 1.66. The molecule has 1 N–H and O–H groups in total. The predicted molar refractivity (Wildman–Crippen MR) is 99.4 cm³/mol. The minimum Gasteiger partial charge on any atom is -0.497 e. The molecule has 5 heteroatoms. The van der Waals surface area contributed by atoms with E-state index in [1.54, 1.807) is 7.11 Å². The Hall–Kier alpha value is -3.34. The molecule has 2 heterocycles. The molecule has 25 heavy (non-hydrogen) atoms. The number of benzene rings is 2. The first kappa shape index (κ1) is 15.2. The van der Waals surface area contributed by atoms with Gasteiger partial charge >= 0.3 is 0 Å². The van der Waals surface area contributed by atoms with Gasteiger partial charge in [0.25, 0.3) is 0 Å². The van der Waals surface area contributed by atoms with Gasteiger partial charge in [0.1, 0.15) is 11.6 Å². The van der Waals surface area contributed by atoms with Crippen LogP contribution in [0.2, 0.25) is 0 Å². The molecule has 0 aliphatic rings. The van der Waals surface area contributed by atoms with Crippen molar-refractivity contribution >= 4 is 17.2 Å². The zero-order valence-electron chi connectivity index (χ0n) is 14.1. The van der Waals surface area contributed by atoms with Crippen LogP contribution in [0.25, 0.3) is 16.8 Å². The number of hydrogen-bond acceptors (Lipinski definition) is 4. The van der Waals surface area contributed by atoms with Crippen molar-refractivity contribution in [1.29, 1.82) is 0 Å². The van der Waals surface area contributed by atoms with Crippen molar-refractivity contribution in [3.05, 3.63) is 72.6 Å². The van der Waals surface area contributed by atoms with Gasteiger partial charge in [-0.3, -0.25) is 0 Å². The van der Waals surface area contributed by atoms with E-state index in [1.165, 1.54) is 0 Å². The summed E-state index contributed by atoms with van der Waals surface area (Å²) in [5.74, 6) is 1.70. The number of nitrogens with one attached hydrogen (secondary N) is 1. The molecule has 0 spiro atoms. The normalized spacial score (nSPS) is 10.8. The number of aryl methyl sites for hydroxylation is 1. The molecule has 0 unspecified atom stereocenters. The van der Waals surface area contributed by atoms with Gasteiger partial charge in [-0.25, -0.2) is 4.98 Å². The summed E-state index contributed by atoms with van der Waals surface area (Å²) in [6.45, 7) is 1.99. The number of fused-ring (bicyclic) bond motifs is 1. The quantitative estimate of drug-likeness (QED) is 0.600. The van der Waals surface area contributed by atoms with E-state index >= 15 is 0 Å². The van der Waals surface area contributed by atoms with E-state index < -0.39 is 0 Å². The molecular weight excluding hydrogens is 312 g/mol. The highest BCUT2D eigenvalue weighted by Gasteiger charge is 2.12. The molecule has 124 valence electrons. The van der Waals surface area contributed by atoms with Crippen molar-refractivity contribution in [1.82, 2.24) is 14.6 Å². The molecule has 0 amide bonds. The predicted octanol–water partition coefficient (Wildman–Crippen LogP) is 4.46. The Bertz CT molecular complexity index is 1010. The number of hydrogen-bond donors (Lipinski definition) is 1. The van der Waals surface area contributed by atoms with Crippen LogP contribution in [-0.4, -0.2) is 21.7 Å². The fourth-order valence-electron chi connectivity index (χ4n) is 2.82. The van der Waals surface area contributed by atoms with E-state index in [4.69, 9.17) is 4.74 Å². The van der Waals surface area contributed by atoms with Crippen LogP contribution in [0.4, 0.5) is 11.5 Å². The smallest absolute Gasteiger partial charge is 0.165 e. The molecule has 5 nitrogen and oxygen atoms in total. The van der Waals surface area contributed by atoms with Crippen molar-refractivity contribution in [2.75, 3.05) is 12.4 Å². The summed E-state index contributed by atoms with van der Waals surface area (Å²) in [6, 6.07) is 20.0. The highest BCUT2D eigenvalue weighted by Crippen LogP contribution is 2.27. The topological polar surface area (TPSA) is 51.5 Å². The third-order valence-electron chi connectivity index (χ3n) is 4.05. The number of ether oxygens (including phenoxy) is 1. The summed E-state index contributed by atoms with van der Waals surface area (Å²) in [5, 5.41) is 7.94. The number of methoxy groups -OCH3 is 1. The van der Waals surface area contributed by atoms with Gasteiger partial charge in [-0.1, -0.05) is 30.3 Å². The minimum atomic E-state index is 0.826. The van der Waals surface area contributed by atoms with Gasteiger partial charge in [0.05, 0.1) is 13.3 Å². The number of nitrogens with zero attached hydrogens (tertiary/aromatic N) is 3. The van der Waals surface area contributed by atoms with Gasteiger partial charge in [-0.05, 0) is 36.8 Å². The maximum atomic E-state index is 5.21. The van der Waals surface area contributed by atoms with Crippen LogP contribution in [0, 0.1) is 6.92 Å². The molecular formula is C20H18N4O. The molecule has 4 rings (SSSR count). The molecule has 2 aromatic carbocycles. The minimum absolute atomic E-state index is 0.826. The van der Waals surface area contributed by atoms with Crippen LogP contribution in [-0.2, 0) is 0 Å². The fraction of sp³-hybridized carbons (Fsp3) is 0.100. The number of rotatable bonds is 4. The summed E-state index contributed by atoms with van der Waals surface area (Å²) in [4.78, 5) is 4.68. The van der Waals surface area contributed by atoms with Crippen molar-refractivity contribution in [3.8, 4) is 16.9 Å². The Morgan fingerprint density at radius 3 is 2.48 bits per heavy atom. The van der Waals surface area contributed by atoms with Crippen molar-refractivity contribution < 1.29 is 4.74 Å². The lowest BCUT2D eigenvalue weighted by Gasteiger charge is -2.10. The standard InChI is InChI=1S/C20H18N4O/c1-14-12-19(23-16-8-10-17(25-2)11-9-16)24-20(22-14)18(13-21-24)15-6-4-3-5-7-15/h3-13,23H,1-2H3. The van der Waals surface area contributed by atoms with E-state index in [-0.39, 0.29) is 0 Å². The molecule has 0 aliphatic heterocycles. The van der Waals surface area contributed by atoms with Gasteiger partial charge < -0.3 is 10.1 Å². The first-order valence-electron chi connectivity index (χ1n) is 8.06. The maximum Gasteiger partial charge on any atom is 0.165 e. The van der Waals surface area contributed by atoms with Crippen molar-refractivity contribution in [3.63, 3.8) is 0 Å². The SMILES string of the molecule is COc1ccc(Nc2cc(C)nc3c(-c4ccccc4)cnn23)cc1. The molecule has 0 fully saturated rings. The average Bonchev–Trinajstić information content (AvgIpc) is 3.07. The van der Waals surface area contributed by atoms with Gasteiger partial charge in [-0.2, -0.15) is 9.61 Å². The second-order valence-corrected chi connectivity index (χ2v) is 5.80. The van der Waals surface area contributed by atoms with Gasteiger partial charge in [0, 0.05) is 23.0 Å². The maximum absolute atomic E-state index is 5.21. The Balaban J connectivity index is 1.78. The molecule has 0 aliphatic carbocycles. The summed E-state index contributed by atoms with van der Waals surface area (Å²) < 4.78 is 7.04. The molecule has 0 saturated heterocycles. The lowest BCUT2D eigenvalue weighted by Crippen LogP contribution is -2.02. The summed E-state index contributed by atoms with van der Waals surface area (Å²) >= 11 is 0. The Morgan fingerprint density at radius 1 is 1.00 bits per heavy atom. The number of anilines is 2. The third-order valence-corrected chi connectivity index (χ3v) is 4.05. The highest BCUT2D eigenvalue weighted by atomic mass is 16.5. The lowest BCUT2D eigenvalue weighted by molar-refractivity contribution is 0.415. The fourth-order valence-corrected chi connectivity index (χ4v) is 2.82. The van der Waals surface area contributed by atoms with Crippen LogP contribution in [0.15, 0.2) is 66.9 Å². The molecule has 0 radical (unpaired) electrons. The van der Waals surface area contributed by atoms with Crippen LogP contribution >= 0.6 is 0 Å². The summed E-state index contributed by atoms with van der Waals surface area (Å²) in [5.41, 5.74) is 4.85. The molecule has 0 saturated carbocycles. The van der Waals surface area contributed by atoms with Gasteiger partial charge in [0.2, 0.25) is 0 Å². The van der Waals surface area contributed by atoms with Gasteiger partial charge in [0.15, 0.2) is 5.65 Å². The monoisotopic (exact) mass is 330 g/mol. The second-order valence-electron chi connectivity index (χ2n) is 5.80. The van der Waals surface area contributed by atoms with Crippen LogP contribution in [0.3, 0.4) is 0 Å². The molecule has 2 aromatic heterocycles. The Morgan fingerprint density at radius 2 is 1.76 bits per heavy atom.